The summed E-state index contributed by atoms with van der Waals surface area (Å²) >= 11 is 3.37. The Kier molecular flexibility index (Phi) is 6.57. The lowest BCUT2D eigenvalue weighted by atomic mass is 9.86. The molecule has 3 N–H and O–H groups in total. The summed E-state index contributed by atoms with van der Waals surface area (Å²) in [5.74, 6) is 0.0150. The molecule has 0 spiro atoms. The van der Waals surface area contributed by atoms with E-state index >= 15 is 0 Å². The summed E-state index contributed by atoms with van der Waals surface area (Å²) < 4.78 is 36.8. The number of amides is 1. The molecule has 0 unspecified atom stereocenters. The molecule has 0 saturated heterocycles. The molecule has 0 saturated carbocycles. The second-order valence-electron chi connectivity index (χ2n) is 9.44. The molecule has 2 atom stereocenters. The third kappa shape index (κ3) is 5.00. The van der Waals surface area contributed by atoms with Crippen molar-refractivity contribution in [2.45, 2.75) is 36.5 Å². The number of carbonyl (C=O) groups is 1. The van der Waals surface area contributed by atoms with Gasteiger partial charge in [-0.25, -0.2) is 13.1 Å². The molecule has 7 nitrogen and oxygen atoms in total. The van der Waals surface area contributed by atoms with Crippen molar-refractivity contribution in [3.05, 3.63) is 101 Å². The number of hydrogen-bond acceptors (Lipinski definition) is 5. The predicted molar refractivity (Wildman–Crippen MR) is 146 cm³/mol. The van der Waals surface area contributed by atoms with E-state index in [1.165, 1.54) is 6.07 Å². The lowest BCUT2D eigenvalue weighted by Crippen LogP contribution is -2.53. The third-order valence-electron chi connectivity index (χ3n) is 6.43. The fourth-order valence-electron chi connectivity index (χ4n) is 4.47. The van der Waals surface area contributed by atoms with Crippen LogP contribution in [0.2, 0.25) is 0 Å². The van der Waals surface area contributed by atoms with Gasteiger partial charge in [0.2, 0.25) is 10.0 Å². The summed E-state index contributed by atoms with van der Waals surface area (Å²) in [7, 11) is -4.07. The van der Waals surface area contributed by atoms with Crippen molar-refractivity contribution >= 4 is 48.3 Å². The van der Waals surface area contributed by atoms with Gasteiger partial charge in [0.05, 0.1) is 10.9 Å². The average Bonchev–Trinajstić information content (AvgIpc) is 2.87. The van der Waals surface area contributed by atoms with Crippen molar-refractivity contribution in [1.29, 1.82) is 0 Å². The maximum Gasteiger partial charge on any atom is 0.255 e. The maximum absolute atomic E-state index is 13.6. The molecule has 190 valence electrons. The quantitative estimate of drug-likeness (QED) is 0.293. The number of ether oxygens (including phenoxy) is 1. The molecule has 0 fully saturated rings. The second kappa shape index (κ2) is 9.57. The summed E-state index contributed by atoms with van der Waals surface area (Å²) in [6, 6.07) is 23.1. The number of carbonyl (C=O) groups excluding carboxylic acids is 1. The van der Waals surface area contributed by atoms with Gasteiger partial charge in [-0.3, -0.25) is 4.79 Å². The number of benzene rings is 4. The molecule has 37 heavy (non-hydrogen) atoms. The SMILES string of the molecule is CC1(C)Oc2ccc(C(=O)Nc3ccc(Br)cc3)cc2[C@@H](NS(=O)(=O)c2cccc3ccccc23)[C@@H]1O. The second-order valence-corrected chi connectivity index (χ2v) is 12.0. The first-order valence-corrected chi connectivity index (χ1v) is 13.9. The van der Waals surface area contributed by atoms with Crippen molar-refractivity contribution in [2.24, 2.45) is 0 Å². The molecule has 0 radical (unpaired) electrons. The Hall–Kier alpha value is -3.24. The van der Waals surface area contributed by atoms with Crippen LogP contribution >= 0.6 is 15.9 Å². The molecule has 5 rings (SSSR count). The van der Waals surface area contributed by atoms with Crippen LogP contribution in [0.3, 0.4) is 0 Å². The van der Waals surface area contributed by atoms with Crippen molar-refractivity contribution in [3.8, 4) is 5.75 Å². The highest BCUT2D eigenvalue weighted by Gasteiger charge is 2.45. The zero-order valence-electron chi connectivity index (χ0n) is 20.1. The van der Waals surface area contributed by atoms with Crippen LogP contribution in [0.15, 0.2) is 94.3 Å². The normalized spacial score (nSPS) is 18.6. The number of aliphatic hydroxyl groups excluding tert-OH is 1. The van der Waals surface area contributed by atoms with E-state index in [0.29, 0.717) is 28.0 Å². The topological polar surface area (TPSA) is 105 Å². The van der Waals surface area contributed by atoms with E-state index in [9.17, 15) is 18.3 Å². The number of aliphatic hydroxyl groups is 1. The van der Waals surface area contributed by atoms with Gasteiger partial charge in [0.1, 0.15) is 17.5 Å². The molecule has 1 aliphatic heterocycles. The number of rotatable bonds is 5. The molecule has 1 heterocycles. The number of sulfonamides is 1. The van der Waals surface area contributed by atoms with Gasteiger partial charge >= 0.3 is 0 Å². The van der Waals surface area contributed by atoms with Crippen LogP contribution < -0.4 is 14.8 Å². The van der Waals surface area contributed by atoms with E-state index < -0.39 is 27.8 Å². The summed E-state index contributed by atoms with van der Waals surface area (Å²) in [6.07, 6.45) is -1.23. The van der Waals surface area contributed by atoms with Crippen LogP contribution in [0.4, 0.5) is 5.69 Å². The summed E-state index contributed by atoms with van der Waals surface area (Å²) in [5.41, 5.74) is 0.197. The Morgan fingerprint density at radius 3 is 2.43 bits per heavy atom. The predicted octanol–water partition coefficient (Wildman–Crippen LogP) is 5.41. The van der Waals surface area contributed by atoms with Crippen LogP contribution in [-0.4, -0.2) is 31.1 Å². The van der Waals surface area contributed by atoms with E-state index in [1.807, 2.05) is 30.3 Å². The Balaban J connectivity index is 1.52. The van der Waals surface area contributed by atoms with Gasteiger partial charge in [0.15, 0.2) is 0 Å². The van der Waals surface area contributed by atoms with Crippen LogP contribution in [-0.2, 0) is 10.0 Å². The fourth-order valence-corrected chi connectivity index (χ4v) is 6.18. The highest BCUT2D eigenvalue weighted by molar-refractivity contribution is 9.10. The van der Waals surface area contributed by atoms with Crippen LogP contribution in [0.5, 0.6) is 5.75 Å². The lowest BCUT2D eigenvalue weighted by Gasteiger charge is -2.42. The van der Waals surface area contributed by atoms with Crippen LogP contribution in [0.1, 0.15) is 35.8 Å². The minimum atomic E-state index is -4.07. The standard InChI is InChI=1S/C28H25BrN2O5S/c1-28(2)26(32)25(31-37(34,35)24-9-5-7-17-6-3-4-8-21(17)24)22-16-18(10-15-23(22)36-28)27(33)30-20-13-11-19(29)12-14-20/h3-16,25-26,31-32H,1-2H3,(H,30,33)/t25-,26+/m1/s1. The first-order chi connectivity index (χ1) is 17.5. The van der Waals surface area contributed by atoms with Crippen molar-refractivity contribution in [1.82, 2.24) is 4.72 Å². The van der Waals surface area contributed by atoms with Gasteiger partial charge in [-0.15, -0.1) is 0 Å². The number of anilines is 1. The van der Waals surface area contributed by atoms with Crippen molar-refractivity contribution in [3.63, 3.8) is 0 Å². The Morgan fingerprint density at radius 2 is 1.68 bits per heavy atom. The van der Waals surface area contributed by atoms with E-state index in [0.717, 1.165) is 9.86 Å². The molecular formula is C28H25BrN2O5S. The van der Waals surface area contributed by atoms with E-state index in [-0.39, 0.29) is 10.8 Å². The fraction of sp³-hybridized carbons (Fsp3) is 0.179. The van der Waals surface area contributed by atoms with Gasteiger partial charge in [-0.2, -0.15) is 0 Å². The molecular weight excluding hydrogens is 556 g/mol. The summed E-state index contributed by atoms with van der Waals surface area (Å²) in [5, 5.41) is 15.4. The van der Waals surface area contributed by atoms with Gasteiger partial charge in [0.25, 0.3) is 5.91 Å². The van der Waals surface area contributed by atoms with E-state index in [2.05, 4.69) is 26.0 Å². The van der Waals surface area contributed by atoms with Gasteiger partial charge in [0, 0.05) is 26.7 Å². The highest BCUT2D eigenvalue weighted by Crippen LogP contribution is 2.41. The Labute approximate surface area is 223 Å². The van der Waals surface area contributed by atoms with Gasteiger partial charge in [-0.1, -0.05) is 52.3 Å². The first-order valence-electron chi connectivity index (χ1n) is 11.6. The molecule has 1 aliphatic rings. The number of halogens is 1. The van der Waals surface area contributed by atoms with E-state index in [4.69, 9.17) is 4.74 Å². The molecule has 1 amide bonds. The lowest BCUT2D eigenvalue weighted by molar-refractivity contribution is -0.0603. The monoisotopic (exact) mass is 580 g/mol. The molecule has 4 aromatic carbocycles. The molecule has 0 aliphatic carbocycles. The maximum atomic E-state index is 13.6. The zero-order chi connectivity index (χ0) is 26.4. The number of fused-ring (bicyclic) bond motifs is 2. The molecule has 0 aromatic heterocycles. The third-order valence-corrected chi connectivity index (χ3v) is 8.46. The molecule has 4 aromatic rings. The van der Waals surface area contributed by atoms with Crippen molar-refractivity contribution < 1.29 is 23.1 Å². The van der Waals surface area contributed by atoms with Crippen LogP contribution in [0.25, 0.3) is 10.8 Å². The zero-order valence-corrected chi connectivity index (χ0v) is 22.5. The summed E-state index contributed by atoms with van der Waals surface area (Å²) in [4.78, 5) is 13.1. The average molecular weight is 581 g/mol. The van der Waals surface area contributed by atoms with Gasteiger partial charge in [-0.05, 0) is 67.8 Å². The summed E-state index contributed by atoms with van der Waals surface area (Å²) in [6.45, 7) is 3.38. The highest BCUT2D eigenvalue weighted by atomic mass is 79.9. The first kappa shape index (κ1) is 25.4. The number of hydrogen-bond donors (Lipinski definition) is 3. The smallest absolute Gasteiger partial charge is 0.255 e. The van der Waals surface area contributed by atoms with Crippen LogP contribution in [0, 0.1) is 0 Å². The largest absolute Gasteiger partial charge is 0.485 e. The van der Waals surface area contributed by atoms with Gasteiger partial charge < -0.3 is 15.2 Å². The number of nitrogens with one attached hydrogen (secondary N) is 2. The molecule has 9 heteroatoms. The Morgan fingerprint density at radius 1 is 0.973 bits per heavy atom. The minimum Gasteiger partial charge on any atom is -0.485 e. The minimum absolute atomic E-state index is 0.104. The Bertz CT molecular complexity index is 1600. The van der Waals surface area contributed by atoms with E-state index in [1.54, 1.807) is 62.4 Å². The van der Waals surface area contributed by atoms with Crippen molar-refractivity contribution in [2.75, 3.05) is 5.32 Å². The molecule has 0 bridgehead atoms.